The van der Waals surface area contributed by atoms with Crippen LogP contribution in [0.3, 0.4) is 0 Å². The van der Waals surface area contributed by atoms with Crippen LogP contribution in [0.1, 0.15) is 27.7 Å². The molecule has 0 fully saturated rings. The fourth-order valence-electron chi connectivity index (χ4n) is 1.09. The molecule has 0 aliphatic carbocycles. The molecule has 0 aromatic heterocycles. The third kappa shape index (κ3) is 8.86. The van der Waals surface area contributed by atoms with Gasteiger partial charge in [-0.15, -0.1) is 0 Å². The van der Waals surface area contributed by atoms with Crippen molar-refractivity contribution in [3.8, 4) is 0 Å². The molecule has 0 saturated heterocycles. The normalized spacial score (nSPS) is 10.2. The monoisotopic (exact) mass is 245 g/mol. The van der Waals surface area contributed by atoms with Crippen molar-refractivity contribution >= 4 is 27.8 Å². The maximum atomic E-state index is 5.74. The molecule has 0 atom stereocenters. The summed E-state index contributed by atoms with van der Waals surface area (Å²) in [4.78, 5) is 0. The predicted octanol–water partition coefficient (Wildman–Crippen LogP) is 0.148. The summed E-state index contributed by atoms with van der Waals surface area (Å²) in [5.74, 6) is 1.19. The van der Waals surface area contributed by atoms with Crippen molar-refractivity contribution in [1.82, 2.24) is 0 Å². The molecule has 13 heavy (non-hydrogen) atoms. The van der Waals surface area contributed by atoms with Gasteiger partial charge in [0.2, 0.25) is 0 Å². The summed E-state index contributed by atoms with van der Waals surface area (Å²) in [5.41, 5.74) is 0. The summed E-state index contributed by atoms with van der Waals surface area (Å²) in [6, 6.07) is 0. The summed E-state index contributed by atoms with van der Waals surface area (Å²) < 4.78 is 2.40. The van der Waals surface area contributed by atoms with Gasteiger partial charge < -0.3 is 12.4 Å². The van der Waals surface area contributed by atoms with Crippen molar-refractivity contribution in [2.75, 3.05) is 13.1 Å². The van der Waals surface area contributed by atoms with Crippen LogP contribution in [0.2, 0.25) is 0 Å². The lowest BCUT2D eigenvalue weighted by Gasteiger charge is -2.08. The molecule has 0 spiro atoms. The number of hydrogen-bond acceptors (Lipinski definition) is 0. The van der Waals surface area contributed by atoms with E-state index in [0.717, 1.165) is 13.1 Å². The zero-order valence-electron chi connectivity index (χ0n) is 8.65. The third-order valence-corrected chi connectivity index (χ3v) is 1.89. The van der Waals surface area contributed by atoms with Gasteiger partial charge in [-0.3, -0.25) is 0 Å². The van der Waals surface area contributed by atoms with Crippen LogP contribution in [-0.2, 0) is 0 Å². The third-order valence-electron chi connectivity index (χ3n) is 1.41. The van der Waals surface area contributed by atoms with Crippen molar-refractivity contribution < 1.29 is 17.0 Å². The summed E-state index contributed by atoms with van der Waals surface area (Å²) in [5, 5.41) is 0. The van der Waals surface area contributed by atoms with Crippen LogP contribution in [0.15, 0.2) is 0 Å². The zero-order valence-corrected chi connectivity index (χ0v) is 10.9. The van der Waals surface area contributed by atoms with Crippen LogP contribution in [-0.4, -0.2) is 22.3 Å². The number of halogens is 3. The molecule has 0 amide bonds. The summed E-state index contributed by atoms with van der Waals surface area (Å²) >= 11 is 11.5. The van der Waals surface area contributed by atoms with Gasteiger partial charge >= 0.3 is 4.63 Å². The molecule has 80 valence electrons. The van der Waals surface area contributed by atoms with Gasteiger partial charge in [-0.2, -0.15) is 0 Å². The minimum atomic E-state index is 0. The van der Waals surface area contributed by atoms with Crippen LogP contribution in [0.4, 0.5) is 0 Å². The Hall–Kier alpha value is 0.540. The SMILES string of the molecule is CC(C)C[N+](CC(C)C)=C(Cl)Cl.[Cl-]. The molecule has 0 unspecified atom stereocenters. The second-order valence-corrected chi connectivity index (χ2v) is 4.84. The predicted molar refractivity (Wildman–Crippen MR) is 56.4 cm³/mol. The summed E-state index contributed by atoms with van der Waals surface area (Å²) in [6.07, 6.45) is 0. The maximum absolute atomic E-state index is 5.74. The van der Waals surface area contributed by atoms with E-state index in [0.29, 0.717) is 16.5 Å². The van der Waals surface area contributed by atoms with Gasteiger partial charge in [0.1, 0.15) is 13.1 Å². The van der Waals surface area contributed by atoms with Crippen LogP contribution < -0.4 is 12.4 Å². The van der Waals surface area contributed by atoms with Crippen molar-refractivity contribution in [2.24, 2.45) is 11.8 Å². The van der Waals surface area contributed by atoms with Gasteiger partial charge in [-0.25, -0.2) is 4.58 Å². The number of hydrogen-bond donors (Lipinski definition) is 0. The minimum Gasteiger partial charge on any atom is -1.00 e. The van der Waals surface area contributed by atoms with E-state index in [1.165, 1.54) is 0 Å². The lowest BCUT2D eigenvalue weighted by molar-refractivity contribution is -0.535. The molecule has 0 aliphatic heterocycles. The second-order valence-electron chi connectivity index (χ2n) is 3.93. The molecule has 0 radical (unpaired) electrons. The Bertz CT molecular complexity index is 148. The quantitative estimate of drug-likeness (QED) is 0.491. The van der Waals surface area contributed by atoms with Gasteiger partial charge in [0.25, 0.3) is 0 Å². The van der Waals surface area contributed by atoms with E-state index in [-0.39, 0.29) is 12.4 Å². The molecular weight excluding hydrogens is 228 g/mol. The molecule has 0 bridgehead atoms. The standard InChI is InChI=1S/C9H18Cl2N.ClH/c1-7(2)5-12(9(10)11)6-8(3)4;/h7-8H,5-6H2,1-4H3;1H/q+1;/p-1. The molecule has 0 saturated carbocycles. The van der Waals surface area contributed by atoms with Crippen molar-refractivity contribution in [3.05, 3.63) is 0 Å². The van der Waals surface area contributed by atoms with Crippen molar-refractivity contribution in [1.29, 1.82) is 0 Å². The topological polar surface area (TPSA) is 3.01 Å². The fourth-order valence-corrected chi connectivity index (χ4v) is 1.37. The zero-order chi connectivity index (χ0) is 9.72. The van der Waals surface area contributed by atoms with Crippen molar-refractivity contribution in [2.45, 2.75) is 27.7 Å². The Balaban J connectivity index is 0. The Labute approximate surface area is 97.5 Å². The van der Waals surface area contributed by atoms with E-state index < -0.39 is 0 Å². The van der Waals surface area contributed by atoms with E-state index in [4.69, 9.17) is 23.2 Å². The highest BCUT2D eigenvalue weighted by molar-refractivity contribution is 6.94. The molecule has 0 aliphatic rings. The van der Waals surface area contributed by atoms with Gasteiger partial charge in [0.05, 0.1) is 0 Å². The summed E-state index contributed by atoms with van der Waals surface area (Å²) in [6.45, 7) is 10.5. The van der Waals surface area contributed by atoms with Gasteiger partial charge in [-0.1, -0.05) is 27.7 Å². The second kappa shape index (κ2) is 7.90. The first kappa shape index (κ1) is 16.0. The van der Waals surface area contributed by atoms with E-state index in [1.807, 2.05) is 4.58 Å². The van der Waals surface area contributed by atoms with Crippen LogP contribution >= 0.6 is 23.2 Å². The van der Waals surface area contributed by atoms with Crippen LogP contribution in [0, 0.1) is 11.8 Å². The van der Waals surface area contributed by atoms with E-state index in [1.54, 1.807) is 0 Å². The first-order valence-electron chi connectivity index (χ1n) is 4.36. The molecule has 0 N–H and O–H groups in total. The van der Waals surface area contributed by atoms with Gasteiger partial charge in [0, 0.05) is 35.0 Å². The van der Waals surface area contributed by atoms with Crippen molar-refractivity contribution in [3.63, 3.8) is 0 Å². The Morgan fingerprint density at radius 2 is 1.31 bits per heavy atom. The smallest absolute Gasteiger partial charge is 0.341 e. The number of nitrogens with zero attached hydrogens (tertiary/aromatic N) is 1. The highest BCUT2D eigenvalue weighted by Crippen LogP contribution is 2.02. The Morgan fingerprint density at radius 3 is 1.46 bits per heavy atom. The Kier molecular flexibility index (Phi) is 9.71. The molecule has 0 aromatic rings. The van der Waals surface area contributed by atoms with E-state index >= 15 is 0 Å². The molecule has 0 rings (SSSR count). The van der Waals surface area contributed by atoms with E-state index in [2.05, 4.69) is 27.7 Å². The molecular formula is C9H18Cl3N. The highest BCUT2D eigenvalue weighted by Gasteiger charge is 2.13. The Morgan fingerprint density at radius 1 is 1.00 bits per heavy atom. The van der Waals surface area contributed by atoms with Gasteiger partial charge in [-0.05, 0) is 0 Å². The van der Waals surface area contributed by atoms with Crippen LogP contribution in [0.5, 0.6) is 0 Å². The average Bonchev–Trinajstić information content (AvgIpc) is 1.83. The fraction of sp³-hybridized carbons (Fsp3) is 0.889. The average molecular weight is 247 g/mol. The van der Waals surface area contributed by atoms with Crippen LogP contribution in [0.25, 0.3) is 0 Å². The van der Waals surface area contributed by atoms with Gasteiger partial charge in [0.15, 0.2) is 0 Å². The highest BCUT2D eigenvalue weighted by atomic mass is 35.5. The first-order valence-corrected chi connectivity index (χ1v) is 5.12. The first-order chi connectivity index (χ1) is 5.43. The molecule has 1 nitrogen and oxygen atoms in total. The minimum absolute atomic E-state index is 0. The number of rotatable bonds is 4. The maximum Gasteiger partial charge on any atom is 0.341 e. The molecule has 0 aromatic carbocycles. The molecule has 4 heteroatoms. The lowest BCUT2D eigenvalue weighted by Crippen LogP contribution is -3.00. The van der Waals surface area contributed by atoms with E-state index in [9.17, 15) is 0 Å². The lowest BCUT2D eigenvalue weighted by atomic mass is 10.2. The summed E-state index contributed by atoms with van der Waals surface area (Å²) in [7, 11) is 0. The molecule has 0 heterocycles. The largest absolute Gasteiger partial charge is 1.00 e.